The molecule has 11 nitrogen and oxygen atoms in total. The van der Waals surface area contributed by atoms with Crippen molar-refractivity contribution in [1.82, 2.24) is 0 Å². The number of hydrazone groups is 1. The summed E-state index contributed by atoms with van der Waals surface area (Å²) in [6.07, 6.45) is 1.41. The van der Waals surface area contributed by atoms with Gasteiger partial charge in [0.1, 0.15) is 22.9 Å². The van der Waals surface area contributed by atoms with E-state index in [2.05, 4.69) is 15.2 Å². The van der Waals surface area contributed by atoms with Gasteiger partial charge in [-0.3, -0.25) is 20.3 Å². The molecule has 0 fully saturated rings. The zero-order chi connectivity index (χ0) is 24.7. The normalized spacial score (nSPS) is 11.1. The van der Waals surface area contributed by atoms with Gasteiger partial charge < -0.3 is 14.2 Å². The van der Waals surface area contributed by atoms with Gasteiger partial charge in [0.15, 0.2) is 0 Å². The lowest BCUT2D eigenvalue weighted by Crippen LogP contribution is -2.13. The summed E-state index contributed by atoms with van der Waals surface area (Å²) in [5.74, 6) is 1.64. The maximum Gasteiger partial charge on any atom is 0.295 e. The van der Waals surface area contributed by atoms with Gasteiger partial charge in [0.25, 0.3) is 15.7 Å². The third-order valence-electron chi connectivity index (χ3n) is 4.65. The Balaban J connectivity index is 1.82. The van der Waals surface area contributed by atoms with E-state index in [-0.39, 0.29) is 16.3 Å². The fourth-order valence-corrected chi connectivity index (χ4v) is 3.97. The highest BCUT2D eigenvalue weighted by atomic mass is 32.2. The Hall–Kier alpha value is -4.32. The van der Waals surface area contributed by atoms with Crippen LogP contribution in [0.1, 0.15) is 5.56 Å². The third-order valence-corrected chi connectivity index (χ3v) is 6.03. The number of rotatable bonds is 10. The molecule has 0 aliphatic heterocycles. The minimum atomic E-state index is -4.07. The molecular formula is C22H22N4O7S. The van der Waals surface area contributed by atoms with Gasteiger partial charge >= 0.3 is 0 Å². The second-order valence-electron chi connectivity index (χ2n) is 6.75. The van der Waals surface area contributed by atoms with Crippen molar-refractivity contribution in [2.45, 2.75) is 4.90 Å². The highest BCUT2D eigenvalue weighted by Gasteiger charge is 2.21. The van der Waals surface area contributed by atoms with Gasteiger partial charge in [-0.1, -0.05) is 0 Å². The number of anilines is 2. The monoisotopic (exact) mass is 486 g/mol. The molecule has 0 atom stereocenters. The number of hydrogen-bond acceptors (Lipinski definition) is 9. The number of nitrogens with one attached hydrogen (secondary N) is 2. The first-order chi connectivity index (χ1) is 16.3. The van der Waals surface area contributed by atoms with Gasteiger partial charge in [-0.15, -0.1) is 0 Å². The predicted octanol–water partition coefficient (Wildman–Crippen LogP) is 3.87. The molecule has 0 radical (unpaired) electrons. The molecule has 3 aromatic rings. The Kier molecular flexibility index (Phi) is 7.53. The maximum atomic E-state index is 12.7. The molecule has 3 rings (SSSR count). The van der Waals surface area contributed by atoms with E-state index < -0.39 is 20.6 Å². The van der Waals surface area contributed by atoms with E-state index in [0.29, 0.717) is 22.8 Å². The molecule has 178 valence electrons. The third kappa shape index (κ3) is 5.72. The average Bonchev–Trinajstić information content (AvgIpc) is 2.84. The van der Waals surface area contributed by atoms with Crippen LogP contribution in [0, 0.1) is 10.1 Å². The number of nitro groups is 1. The van der Waals surface area contributed by atoms with Crippen LogP contribution in [0.4, 0.5) is 17.1 Å². The highest BCUT2D eigenvalue weighted by molar-refractivity contribution is 7.92. The maximum absolute atomic E-state index is 12.7. The van der Waals surface area contributed by atoms with Gasteiger partial charge in [-0.05, 0) is 48.5 Å². The van der Waals surface area contributed by atoms with Gasteiger partial charge in [-0.2, -0.15) is 5.10 Å². The van der Waals surface area contributed by atoms with Crippen molar-refractivity contribution in [1.29, 1.82) is 0 Å². The lowest BCUT2D eigenvalue weighted by atomic mass is 10.2. The van der Waals surface area contributed by atoms with Crippen LogP contribution in [0.5, 0.6) is 17.2 Å². The first-order valence-corrected chi connectivity index (χ1v) is 11.2. The van der Waals surface area contributed by atoms with Crippen molar-refractivity contribution in [2.75, 3.05) is 31.5 Å². The Morgan fingerprint density at radius 1 is 0.912 bits per heavy atom. The van der Waals surface area contributed by atoms with E-state index in [9.17, 15) is 18.5 Å². The molecule has 0 bridgehead atoms. The van der Waals surface area contributed by atoms with Crippen LogP contribution in [0.15, 0.2) is 70.7 Å². The van der Waals surface area contributed by atoms with E-state index in [1.54, 1.807) is 30.3 Å². The fourth-order valence-electron chi connectivity index (χ4n) is 2.89. The van der Waals surface area contributed by atoms with Crippen LogP contribution in [0.2, 0.25) is 0 Å². The number of nitro benzene ring substituents is 1. The lowest BCUT2D eigenvalue weighted by molar-refractivity contribution is -0.384. The molecule has 3 aromatic carbocycles. The van der Waals surface area contributed by atoms with E-state index in [0.717, 1.165) is 6.07 Å². The SMILES string of the molecule is COc1ccc(NS(=O)(=O)c2ccc(N/N=C\c3ccc(OC)cc3OC)c([N+](=O)[O-])c2)cc1. The summed E-state index contributed by atoms with van der Waals surface area (Å²) in [7, 11) is 0.434. The molecule has 0 aliphatic carbocycles. The minimum absolute atomic E-state index is 0.0112. The summed E-state index contributed by atoms with van der Waals surface area (Å²) in [6.45, 7) is 0. The summed E-state index contributed by atoms with van der Waals surface area (Å²) in [6, 6.07) is 14.8. The van der Waals surface area contributed by atoms with E-state index in [1.165, 1.54) is 51.8 Å². The van der Waals surface area contributed by atoms with E-state index in [1.807, 2.05) is 0 Å². The van der Waals surface area contributed by atoms with Crippen LogP contribution in [0.3, 0.4) is 0 Å². The second-order valence-corrected chi connectivity index (χ2v) is 8.43. The molecular weight excluding hydrogens is 464 g/mol. The zero-order valence-electron chi connectivity index (χ0n) is 18.5. The number of sulfonamides is 1. The number of hydrogen-bond donors (Lipinski definition) is 2. The molecule has 12 heteroatoms. The van der Waals surface area contributed by atoms with Crippen molar-refractivity contribution < 1.29 is 27.6 Å². The zero-order valence-corrected chi connectivity index (χ0v) is 19.3. The van der Waals surface area contributed by atoms with Crippen LogP contribution in [-0.2, 0) is 10.0 Å². The highest BCUT2D eigenvalue weighted by Crippen LogP contribution is 2.29. The molecule has 0 saturated carbocycles. The summed E-state index contributed by atoms with van der Waals surface area (Å²) in [5.41, 5.74) is 3.01. The Bertz CT molecular complexity index is 1310. The Morgan fingerprint density at radius 3 is 2.21 bits per heavy atom. The number of nitrogens with zero attached hydrogens (tertiary/aromatic N) is 2. The number of methoxy groups -OCH3 is 3. The Labute approximate surface area is 196 Å². The fraction of sp³-hybridized carbons (Fsp3) is 0.136. The van der Waals surface area contributed by atoms with Crippen LogP contribution >= 0.6 is 0 Å². The van der Waals surface area contributed by atoms with Crippen LogP contribution in [0.25, 0.3) is 0 Å². The lowest BCUT2D eigenvalue weighted by Gasteiger charge is -2.10. The standard InChI is InChI=1S/C22H22N4O7S/c1-31-17-8-5-16(6-9-17)25-34(29,30)19-10-11-20(21(13-19)26(27)28)24-23-14-15-4-7-18(32-2)12-22(15)33-3/h4-14,24-25H,1-3H3/b23-14-. The summed E-state index contributed by atoms with van der Waals surface area (Å²) in [4.78, 5) is 10.6. The summed E-state index contributed by atoms with van der Waals surface area (Å²) < 4.78 is 43.3. The molecule has 0 unspecified atom stereocenters. The van der Waals surface area contributed by atoms with Gasteiger partial charge in [0, 0.05) is 23.4 Å². The predicted molar refractivity (Wildman–Crippen MR) is 128 cm³/mol. The van der Waals surface area contributed by atoms with Crippen molar-refractivity contribution in [3.8, 4) is 17.2 Å². The second kappa shape index (κ2) is 10.5. The van der Waals surface area contributed by atoms with Crippen LogP contribution < -0.4 is 24.4 Å². The number of ether oxygens (including phenoxy) is 3. The smallest absolute Gasteiger partial charge is 0.295 e. The molecule has 0 aromatic heterocycles. The van der Waals surface area contributed by atoms with E-state index in [4.69, 9.17) is 14.2 Å². The topological polar surface area (TPSA) is 141 Å². The molecule has 2 N–H and O–H groups in total. The van der Waals surface area contributed by atoms with Crippen molar-refractivity contribution in [3.63, 3.8) is 0 Å². The summed E-state index contributed by atoms with van der Waals surface area (Å²) in [5, 5.41) is 15.6. The quantitative estimate of drug-likeness (QED) is 0.250. The first kappa shape index (κ1) is 24.3. The van der Waals surface area contributed by atoms with Crippen molar-refractivity contribution in [3.05, 3.63) is 76.3 Å². The molecule has 34 heavy (non-hydrogen) atoms. The largest absolute Gasteiger partial charge is 0.497 e. The van der Waals surface area contributed by atoms with E-state index >= 15 is 0 Å². The average molecular weight is 487 g/mol. The van der Waals surface area contributed by atoms with Crippen molar-refractivity contribution >= 4 is 33.3 Å². The molecule has 0 amide bonds. The number of benzene rings is 3. The van der Waals surface area contributed by atoms with Crippen LogP contribution in [-0.4, -0.2) is 40.9 Å². The van der Waals surface area contributed by atoms with Gasteiger partial charge in [0.2, 0.25) is 0 Å². The Morgan fingerprint density at radius 2 is 1.59 bits per heavy atom. The first-order valence-electron chi connectivity index (χ1n) is 9.74. The van der Waals surface area contributed by atoms with Gasteiger partial charge in [0.05, 0.1) is 37.4 Å². The summed E-state index contributed by atoms with van der Waals surface area (Å²) >= 11 is 0. The minimum Gasteiger partial charge on any atom is -0.497 e. The molecule has 0 heterocycles. The van der Waals surface area contributed by atoms with Crippen molar-refractivity contribution in [2.24, 2.45) is 5.10 Å². The molecule has 0 spiro atoms. The molecule has 0 saturated heterocycles. The van der Waals surface area contributed by atoms with Gasteiger partial charge in [-0.25, -0.2) is 8.42 Å². The molecule has 0 aliphatic rings.